The van der Waals surface area contributed by atoms with Crippen LogP contribution >= 0.6 is 11.6 Å². The van der Waals surface area contributed by atoms with Gasteiger partial charge in [-0.3, -0.25) is 0 Å². The molecule has 3 aromatic rings. The van der Waals surface area contributed by atoms with E-state index in [1.165, 1.54) is 12.1 Å². The van der Waals surface area contributed by atoms with Crippen molar-refractivity contribution in [3.8, 4) is 0 Å². The summed E-state index contributed by atoms with van der Waals surface area (Å²) in [5, 5.41) is 3.93. The van der Waals surface area contributed by atoms with Gasteiger partial charge < -0.3 is 15.1 Å². The third-order valence-corrected chi connectivity index (χ3v) is 4.73. The van der Waals surface area contributed by atoms with Crippen molar-refractivity contribution >= 4 is 34.7 Å². The molecule has 5 nitrogen and oxygen atoms in total. The van der Waals surface area contributed by atoms with Gasteiger partial charge in [0.2, 0.25) is 5.95 Å². The van der Waals surface area contributed by atoms with Gasteiger partial charge in [-0.2, -0.15) is 4.98 Å². The maximum absolute atomic E-state index is 13.0. The quantitative estimate of drug-likeness (QED) is 0.726. The Kier molecular flexibility index (Phi) is 5.07. The Hall–Kier alpha value is -2.86. The normalized spacial score (nSPS) is 14.3. The van der Waals surface area contributed by atoms with Crippen LogP contribution in [0.1, 0.15) is 0 Å². The molecule has 2 aromatic carbocycles. The van der Waals surface area contributed by atoms with Crippen LogP contribution in [-0.2, 0) is 0 Å². The van der Waals surface area contributed by atoms with Crippen LogP contribution in [0.15, 0.2) is 60.8 Å². The van der Waals surface area contributed by atoms with Crippen LogP contribution in [0.3, 0.4) is 0 Å². The molecule has 7 heteroatoms. The minimum Gasteiger partial charge on any atom is -0.368 e. The van der Waals surface area contributed by atoms with Crippen LogP contribution in [0.4, 0.5) is 27.5 Å². The zero-order chi connectivity index (χ0) is 18.6. The zero-order valence-corrected chi connectivity index (χ0v) is 15.4. The number of nitrogens with one attached hydrogen (secondary N) is 1. The van der Waals surface area contributed by atoms with E-state index in [0.29, 0.717) is 11.8 Å². The number of hydrogen-bond donors (Lipinski definition) is 1. The molecule has 27 heavy (non-hydrogen) atoms. The average molecular weight is 384 g/mol. The number of nitrogens with zero attached hydrogens (tertiary/aromatic N) is 4. The Bertz CT molecular complexity index is 910. The van der Waals surface area contributed by atoms with E-state index in [1.807, 2.05) is 18.2 Å². The molecule has 0 amide bonds. The molecule has 0 spiro atoms. The van der Waals surface area contributed by atoms with E-state index in [0.717, 1.165) is 42.6 Å². The highest BCUT2D eigenvalue weighted by atomic mass is 35.5. The van der Waals surface area contributed by atoms with Gasteiger partial charge in [0.1, 0.15) is 11.6 Å². The predicted molar refractivity (Wildman–Crippen MR) is 108 cm³/mol. The van der Waals surface area contributed by atoms with Crippen molar-refractivity contribution in [1.29, 1.82) is 0 Å². The van der Waals surface area contributed by atoms with E-state index < -0.39 is 0 Å². The highest BCUT2D eigenvalue weighted by molar-refractivity contribution is 6.30. The summed E-state index contributed by atoms with van der Waals surface area (Å²) in [7, 11) is 0. The second-order valence-corrected chi connectivity index (χ2v) is 6.76. The van der Waals surface area contributed by atoms with E-state index in [9.17, 15) is 4.39 Å². The molecule has 4 rings (SSSR count). The molecule has 0 aliphatic carbocycles. The highest BCUT2D eigenvalue weighted by Crippen LogP contribution is 2.22. The lowest BCUT2D eigenvalue weighted by molar-refractivity contribution is 0.628. The Morgan fingerprint density at radius 2 is 1.67 bits per heavy atom. The minimum atomic E-state index is -0.262. The summed E-state index contributed by atoms with van der Waals surface area (Å²) < 4.78 is 13.0. The summed E-state index contributed by atoms with van der Waals surface area (Å²) in [6.07, 6.45) is 1.73. The van der Waals surface area contributed by atoms with E-state index in [-0.39, 0.29) is 5.82 Å². The second-order valence-electron chi connectivity index (χ2n) is 6.33. The van der Waals surface area contributed by atoms with Gasteiger partial charge in [0.05, 0.1) is 0 Å². The summed E-state index contributed by atoms with van der Waals surface area (Å²) in [6.45, 7) is 3.40. The van der Waals surface area contributed by atoms with Crippen molar-refractivity contribution < 1.29 is 4.39 Å². The third-order valence-electron chi connectivity index (χ3n) is 4.50. The smallest absolute Gasteiger partial charge is 0.227 e. The predicted octanol–water partition coefficient (Wildman–Crippen LogP) is 4.34. The molecule has 2 heterocycles. The molecule has 0 radical (unpaired) electrons. The van der Waals surface area contributed by atoms with Crippen molar-refractivity contribution in [2.45, 2.75) is 0 Å². The largest absolute Gasteiger partial charge is 0.368 e. The van der Waals surface area contributed by atoms with Gasteiger partial charge in [0.15, 0.2) is 0 Å². The summed E-state index contributed by atoms with van der Waals surface area (Å²) in [6, 6.07) is 15.9. The first-order valence-electron chi connectivity index (χ1n) is 8.78. The van der Waals surface area contributed by atoms with Gasteiger partial charge in [-0.1, -0.05) is 17.7 Å². The highest BCUT2D eigenvalue weighted by Gasteiger charge is 2.19. The Morgan fingerprint density at radius 1 is 0.926 bits per heavy atom. The topological polar surface area (TPSA) is 44.3 Å². The van der Waals surface area contributed by atoms with E-state index in [4.69, 9.17) is 11.6 Å². The van der Waals surface area contributed by atoms with Crippen LogP contribution in [0.5, 0.6) is 0 Å². The number of halogens is 2. The van der Waals surface area contributed by atoms with E-state index in [2.05, 4.69) is 31.2 Å². The molecule has 1 aliphatic heterocycles. The van der Waals surface area contributed by atoms with Crippen LogP contribution < -0.4 is 15.1 Å². The first kappa shape index (κ1) is 17.5. The number of anilines is 4. The summed E-state index contributed by atoms with van der Waals surface area (Å²) >= 11 is 6.10. The summed E-state index contributed by atoms with van der Waals surface area (Å²) in [5.41, 5.74) is 1.92. The van der Waals surface area contributed by atoms with Gasteiger partial charge >= 0.3 is 0 Å². The molecule has 1 N–H and O–H groups in total. The molecule has 1 aromatic heterocycles. The second kappa shape index (κ2) is 7.80. The number of aromatic nitrogens is 2. The average Bonchev–Trinajstić information content (AvgIpc) is 2.70. The van der Waals surface area contributed by atoms with Crippen LogP contribution in [-0.4, -0.2) is 36.1 Å². The standard InChI is InChI=1S/C20H19ClFN5/c21-15-2-1-3-18(14-15)26-10-12-27(13-11-26)20-23-9-8-19(25-20)24-17-6-4-16(22)5-7-17/h1-9,14H,10-13H2,(H,23,24,25). The summed E-state index contributed by atoms with van der Waals surface area (Å²) in [4.78, 5) is 13.5. The zero-order valence-electron chi connectivity index (χ0n) is 14.6. The molecular weight excluding hydrogens is 365 g/mol. The van der Waals surface area contributed by atoms with Gasteiger partial charge in [-0.05, 0) is 48.5 Å². The first-order chi connectivity index (χ1) is 13.2. The van der Waals surface area contributed by atoms with Crippen molar-refractivity contribution in [1.82, 2.24) is 9.97 Å². The van der Waals surface area contributed by atoms with Crippen LogP contribution in [0.25, 0.3) is 0 Å². The van der Waals surface area contributed by atoms with E-state index >= 15 is 0 Å². The maximum Gasteiger partial charge on any atom is 0.227 e. The van der Waals surface area contributed by atoms with Crippen molar-refractivity contribution in [2.75, 3.05) is 41.3 Å². The summed E-state index contributed by atoms with van der Waals surface area (Å²) in [5.74, 6) is 1.11. The first-order valence-corrected chi connectivity index (χ1v) is 9.16. The lowest BCUT2D eigenvalue weighted by Crippen LogP contribution is -2.47. The van der Waals surface area contributed by atoms with Crippen LogP contribution in [0.2, 0.25) is 5.02 Å². The number of benzene rings is 2. The van der Waals surface area contributed by atoms with Crippen molar-refractivity contribution in [2.24, 2.45) is 0 Å². The third kappa shape index (κ3) is 4.28. The van der Waals surface area contributed by atoms with Crippen LogP contribution in [0, 0.1) is 5.82 Å². The number of hydrogen-bond acceptors (Lipinski definition) is 5. The van der Waals surface area contributed by atoms with Crippen molar-refractivity contribution in [3.05, 3.63) is 71.6 Å². The lowest BCUT2D eigenvalue weighted by Gasteiger charge is -2.36. The van der Waals surface area contributed by atoms with E-state index in [1.54, 1.807) is 24.4 Å². The van der Waals surface area contributed by atoms with Crippen molar-refractivity contribution in [3.63, 3.8) is 0 Å². The molecule has 0 atom stereocenters. The fourth-order valence-corrected chi connectivity index (χ4v) is 3.27. The van der Waals surface area contributed by atoms with Gasteiger partial charge in [0, 0.05) is 48.8 Å². The SMILES string of the molecule is Fc1ccc(Nc2ccnc(N3CCN(c4cccc(Cl)c4)CC3)n2)cc1. The molecule has 1 saturated heterocycles. The molecular formula is C20H19ClFN5. The fraction of sp³-hybridized carbons (Fsp3) is 0.200. The Balaban J connectivity index is 1.42. The molecule has 0 saturated carbocycles. The monoisotopic (exact) mass is 383 g/mol. The molecule has 138 valence electrons. The maximum atomic E-state index is 13.0. The molecule has 1 fully saturated rings. The molecule has 1 aliphatic rings. The molecule has 0 unspecified atom stereocenters. The fourth-order valence-electron chi connectivity index (χ4n) is 3.09. The number of rotatable bonds is 4. The molecule has 0 bridgehead atoms. The minimum absolute atomic E-state index is 0.262. The number of piperazine rings is 1. The van der Waals surface area contributed by atoms with Gasteiger partial charge in [-0.15, -0.1) is 0 Å². The van der Waals surface area contributed by atoms with Gasteiger partial charge in [0.25, 0.3) is 0 Å². The van der Waals surface area contributed by atoms with Gasteiger partial charge in [-0.25, -0.2) is 9.37 Å². The lowest BCUT2D eigenvalue weighted by atomic mass is 10.2. The Morgan fingerprint density at radius 3 is 2.41 bits per heavy atom. The Labute approximate surface area is 162 Å².